The molecule has 122 valence electrons. The molecule has 0 bridgehead atoms. The van der Waals surface area contributed by atoms with E-state index in [0.717, 1.165) is 24.2 Å². The van der Waals surface area contributed by atoms with Crippen LogP contribution < -0.4 is 5.32 Å². The first-order valence-electron chi connectivity index (χ1n) is 7.63. The molecule has 1 aromatic heterocycles. The van der Waals surface area contributed by atoms with Gasteiger partial charge in [-0.05, 0) is 19.4 Å². The van der Waals surface area contributed by atoms with Gasteiger partial charge in [-0.1, -0.05) is 34.1 Å². The van der Waals surface area contributed by atoms with E-state index in [2.05, 4.69) is 29.4 Å². The van der Waals surface area contributed by atoms with E-state index in [-0.39, 0.29) is 5.03 Å². The molecular weight excluding hydrogens is 288 g/mol. The Morgan fingerprint density at radius 2 is 2.00 bits per heavy atom. The monoisotopic (exact) mass is 316 g/mol. The van der Waals surface area contributed by atoms with Crippen molar-refractivity contribution in [3.8, 4) is 0 Å². The Balaban J connectivity index is 3.11. The molecule has 0 aliphatic heterocycles. The van der Waals surface area contributed by atoms with Crippen LogP contribution in [0.1, 0.15) is 45.4 Å². The van der Waals surface area contributed by atoms with Gasteiger partial charge in [-0.2, -0.15) is 9.40 Å². The summed E-state index contributed by atoms with van der Waals surface area (Å²) in [6.07, 6.45) is 0.954. The minimum atomic E-state index is -3.55. The molecule has 6 nitrogen and oxygen atoms in total. The van der Waals surface area contributed by atoms with Crippen molar-refractivity contribution in [2.45, 2.75) is 52.6 Å². The molecule has 0 saturated heterocycles. The quantitative estimate of drug-likeness (QED) is 0.729. The number of hydrogen-bond donors (Lipinski definition) is 2. The first-order chi connectivity index (χ1) is 9.88. The van der Waals surface area contributed by atoms with Crippen molar-refractivity contribution in [3.63, 3.8) is 0 Å². The third-order valence-electron chi connectivity index (χ3n) is 3.74. The highest BCUT2D eigenvalue weighted by Gasteiger charge is 2.30. The summed E-state index contributed by atoms with van der Waals surface area (Å²) in [5.74, 6) is 0.331. The molecule has 0 aliphatic rings. The summed E-state index contributed by atoms with van der Waals surface area (Å²) in [5, 5.41) is 10.2. The molecule has 0 amide bonds. The molecule has 0 fully saturated rings. The second kappa shape index (κ2) is 7.91. The van der Waals surface area contributed by atoms with Crippen LogP contribution in [0.4, 0.5) is 0 Å². The molecule has 0 spiro atoms. The second-order valence-corrected chi connectivity index (χ2v) is 7.23. The number of nitrogens with one attached hydrogen (secondary N) is 2. The zero-order valence-corrected chi connectivity index (χ0v) is 14.5. The molecule has 1 aromatic rings. The number of nitrogens with zero attached hydrogens (tertiary/aromatic N) is 2. The summed E-state index contributed by atoms with van der Waals surface area (Å²) in [6, 6.07) is 0. The minimum Gasteiger partial charge on any atom is -0.313 e. The maximum Gasteiger partial charge on any atom is 0.262 e. The van der Waals surface area contributed by atoms with E-state index in [9.17, 15) is 8.42 Å². The summed E-state index contributed by atoms with van der Waals surface area (Å²) in [4.78, 5) is 0. The van der Waals surface area contributed by atoms with Gasteiger partial charge in [-0.15, -0.1) is 0 Å². The van der Waals surface area contributed by atoms with Gasteiger partial charge in [0, 0.05) is 30.9 Å². The molecule has 0 aromatic carbocycles. The lowest BCUT2D eigenvalue weighted by Gasteiger charge is -2.23. The van der Waals surface area contributed by atoms with Crippen molar-refractivity contribution in [2.24, 2.45) is 5.92 Å². The number of aryl methyl sites for hydroxylation is 1. The van der Waals surface area contributed by atoms with Gasteiger partial charge in [0.05, 0.1) is 0 Å². The van der Waals surface area contributed by atoms with Crippen molar-refractivity contribution in [3.05, 3.63) is 11.3 Å². The highest BCUT2D eigenvalue weighted by atomic mass is 32.2. The average Bonchev–Trinajstić information content (AvgIpc) is 2.83. The van der Waals surface area contributed by atoms with Gasteiger partial charge in [-0.25, -0.2) is 8.42 Å². The second-order valence-electron chi connectivity index (χ2n) is 5.38. The van der Waals surface area contributed by atoms with Crippen LogP contribution in [0.15, 0.2) is 5.03 Å². The molecule has 21 heavy (non-hydrogen) atoms. The lowest BCUT2D eigenvalue weighted by Crippen LogP contribution is -2.35. The van der Waals surface area contributed by atoms with E-state index in [1.54, 1.807) is 0 Å². The number of H-pyrrole nitrogens is 1. The maximum atomic E-state index is 12.8. The first-order valence-corrected chi connectivity index (χ1v) is 9.07. The molecule has 1 heterocycles. The summed E-state index contributed by atoms with van der Waals surface area (Å²) >= 11 is 0. The minimum absolute atomic E-state index is 0.158. The molecule has 0 saturated carbocycles. The van der Waals surface area contributed by atoms with E-state index in [4.69, 9.17) is 0 Å². The molecule has 1 unspecified atom stereocenters. The van der Waals surface area contributed by atoms with Gasteiger partial charge in [0.15, 0.2) is 5.03 Å². The van der Waals surface area contributed by atoms with Gasteiger partial charge in [0.2, 0.25) is 0 Å². The Morgan fingerprint density at radius 1 is 1.33 bits per heavy atom. The fraction of sp³-hybridized carbons (Fsp3) is 0.786. The Kier molecular flexibility index (Phi) is 6.83. The Morgan fingerprint density at radius 3 is 2.52 bits per heavy atom. The van der Waals surface area contributed by atoms with Crippen LogP contribution in [0.25, 0.3) is 0 Å². The van der Waals surface area contributed by atoms with Gasteiger partial charge >= 0.3 is 0 Å². The third-order valence-corrected chi connectivity index (χ3v) is 5.65. The number of rotatable bonds is 9. The lowest BCUT2D eigenvalue weighted by atomic mass is 10.1. The van der Waals surface area contributed by atoms with Crippen molar-refractivity contribution in [2.75, 3.05) is 19.6 Å². The van der Waals surface area contributed by atoms with E-state index >= 15 is 0 Å². The van der Waals surface area contributed by atoms with Crippen molar-refractivity contribution >= 4 is 10.0 Å². The number of aromatic nitrogens is 2. The fourth-order valence-electron chi connectivity index (χ4n) is 2.10. The summed E-state index contributed by atoms with van der Waals surface area (Å²) < 4.78 is 27.2. The zero-order valence-electron chi connectivity index (χ0n) is 13.7. The highest BCUT2D eigenvalue weighted by molar-refractivity contribution is 7.89. The summed E-state index contributed by atoms with van der Waals surface area (Å²) in [7, 11) is -3.55. The van der Waals surface area contributed by atoms with Crippen LogP contribution in [0.5, 0.6) is 0 Å². The average molecular weight is 316 g/mol. The molecule has 1 atom stereocenters. The van der Waals surface area contributed by atoms with E-state index in [1.807, 2.05) is 20.8 Å². The van der Waals surface area contributed by atoms with Crippen LogP contribution in [-0.4, -0.2) is 42.6 Å². The van der Waals surface area contributed by atoms with Gasteiger partial charge in [0.25, 0.3) is 10.0 Å². The normalized spacial score (nSPS) is 13.8. The lowest BCUT2D eigenvalue weighted by molar-refractivity contribution is 0.360. The Bertz CT molecular complexity index is 539. The predicted octanol–water partition coefficient (Wildman–Crippen LogP) is 1.88. The van der Waals surface area contributed by atoms with Crippen molar-refractivity contribution < 1.29 is 8.42 Å². The number of hydrogen-bond acceptors (Lipinski definition) is 4. The Labute approximate surface area is 128 Å². The SMILES string of the molecule is CCNCc1c(S(=O)(=O)N(CC)CC(C)CC)n[nH]c1C. The summed E-state index contributed by atoms with van der Waals surface area (Å²) in [6.45, 7) is 12.1. The number of aromatic amines is 1. The largest absolute Gasteiger partial charge is 0.313 e. The molecule has 2 N–H and O–H groups in total. The zero-order chi connectivity index (χ0) is 16.0. The maximum absolute atomic E-state index is 12.8. The number of sulfonamides is 1. The molecule has 0 aliphatic carbocycles. The molecular formula is C14H28N4O2S. The van der Waals surface area contributed by atoms with Crippen LogP contribution in [0.2, 0.25) is 0 Å². The molecule has 1 rings (SSSR count). The van der Waals surface area contributed by atoms with E-state index in [1.165, 1.54) is 4.31 Å². The van der Waals surface area contributed by atoms with Crippen LogP contribution >= 0.6 is 0 Å². The fourth-order valence-corrected chi connectivity index (χ4v) is 3.83. The topological polar surface area (TPSA) is 78.1 Å². The summed E-state index contributed by atoms with van der Waals surface area (Å²) in [5.41, 5.74) is 1.54. The van der Waals surface area contributed by atoms with Crippen LogP contribution in [0.3, 0.4) is 0 Å². The standard InChI is InChI=1S/C14H28N4O2S/c1-6-11(4)10-18(8-3)21(19,20)14-13(9-15-7-2)12(5)16-17-14/h11,15H,6-10H2,1-5H3,(H,16,17). The van der Waals surface area contributed by atoms with E-state index < -0.39 is 10.0 Å². The van der Waals surface area contributed by atoms with Gasteiger partial charge in [-0.3, -0.25) is 5.10 Å². The highest BCUT2D eigenvalue weighted by Crippen LogP contribution is 2.21. The first kappa shape index (κ1) is 18.1. The predicted molar refractivity (Wildman–Crippen MR) is 84.6 cm³/mol. The van der Waals surface area contributed by atoms with Crippen LogP contribution in [-0.2, 0) is 16.6 Å². The van der Waals surface area contributed by atoms with Crippen molar-refractivity contribution in [1.82, 2.24) is 19.8 Å². The van der Waals surface area contributed by atoms with Gasteiger partial charge < -0.3 is 5.32 Å². The van der Waals surface area contributed by atoms with Crippen LogP contribution in [0, 0.1) is 12.8 Å². The van der Waals surface area contributed by atoms with E-state index in [0.29, 0.717) is 25.6 Å². The smallest absolute Gasteiger partial charge is 0.262 e. The van der Waals surface area contributed by atoms with Gasteiger partial charge in [0.1, 0.15) is 0 Å². The third kappa shape index (κ3) is 4.28. The Hall–Kier alpha value is -0.920. The molecule has 0 radical (unpaired) electrons. The molecule has 7 heteroatoms. The van der Waals surface area contributed by atoms with Crippen molar-refractivity contribution in [1.29, 1.82) is 0 Å².